The number of carbonyl (C=O) groups is 1. The quantitative estimate of drug-likeness (QED) is 0.411. The van der Waals surface area contributed by atoms with E-state index in [4.69, 9.17) is 0 Å². The monoisotopic (exact) mass is 247 g/mol. The molecule has 0 saturated heterocycles. The van der Waals surface area contributed by atoms with Crippen LogP contribution in [0.25, 0.3) is 0 Å². The molecule has 0 aromatic heterocycles. The molecule has 0 bridgehead atoms. The van der Waals surface area contributed by atoms with Gasteiger partial charge in [-0.3, -0.25) is 4.79 Å². The number of hydrogen-bond acceptors (Lipinski definition) is 3. The van der Waals surface area contributed by atoms with E-state index in [2.05, 4.69) is 9.13 Å². The highest BCUT2D eigenvalue weighted by Crippen LogP contribution is 2.11. The molecule has 0 aromatic carbocycles. The third-order valence-electron chi connectivity index (χ3n) is 1.89. The van der Waals surface area contributed by atoms with Crippen LogP contribution in [0.1, 0.15) is 46.5 Å². The lowest BCUT2D eigenvalue weighted by Gasteiger charge is -2.12. The van der Waals surface area contributed by atoms with Crippen molar-refractivity contribution < 1.29 is 13.7 Å². The minimum atomic E-state index is -1.18. The van der Waals surface area contributed by atoms with Gasteiger partial charge in [-0.05, 0) is 40.0 Å². The zero-order valence-electron chi connectivity index (χ0n) is 10.5. The Balaban J connectivity index is 3.63. The first-order valence-electron chi connectivity index (χ1n) is 5.39. The Hall–Kier alpha value is -0.710. The van der Waals surface area contributed by atoms with Crippen LogP contribution in [0.2, 0.25) is 0 Å². The summed E-state index contributed by atoms with van der Waals surface area (Å²) in [5, 5.41) is 0. The Morgan fingerprint density at radius 3 is 2.50 bits per heavy atom. The number of hydrogen-bond donors (Lipinski definition) is 0. The van der Waals surface area contributed by atoms with Gasteiger partial charge in [-0.1, -0.05) is 0 Å². The van der Waals surface area contributed by atoms with E-state index >= 15 is 0 Å². The van der Waals surface area contributed by atoms with Crippen molar-refractivity contribution in [3.8, 4) is 0 Å². The van der Waals surface area contributed by atoms with Gasteiger partial charge in [0.2, 0.25) is 0 Å². The van der Waals surface area contributed by atoms with Crippen LogP contribution in [0.4, 0.5) is 0 Å². The van der Waals surface area contributed by atoms with Gasteiger partial charge in [0, 0.05) is 12.6 Å². The molecule has 0 unspecified atom stereocenters. The van der Waals surface area contributed by atoms with Gasteiger partial charge in [-0.2, -0.15) is 4.40 Å². The molecular weight excluding hydrogens is 226 g/mol. The van der Waals surface area contributed by atoms with Crippen LogP contribution >= 0.6 is 0 Å². The number of rotatable bonds is 6. The maximum Gasteiger partial charge on any atom is 0.305 e. The summed E-state index contributed by atoms with van der Waals surface area (Å²) in [6.45, 7) is 5.66. The number of unbranched alkanes of at least 4 members (excludes halogenated alkanes) is 2. The van der Waals surface area contributed by atoms with Gasteiger partial charge in [0.25, 0.3) is 0 Å². The molecule has 4 nitrogen and oxygen atoms in total. The third kappa shape index (κ3) is 7.56. The average Bonchev–Trinajstić information content (AvgIpc) is 2.20. The minimum absolute atomic E-state index is 0.185. The van der Waals surface area contributed by atoms with Crippen LogP contribution in [0.3, 0.4) is 0 Å². The first kappa shape index (κ1) is 15.3. The molecule has 0 heterocycles. The van der Waals surface area contributed by atoms with Crippen LogP contribution in [0.5, 0.6) is 0 Å². The molecule has 5 heteroatoms. The van der Waals surface area contributed by atoms with E-state index in [1.54, 1.807) is 6.21 Å². The van der Waals surface area contributed by atoms with Gasteiger partial charge in [-0.25, -0.2) is 4.21 Å². The van der Waals surface area contributed by atoms with E-state index in [0.717, 1.165) is 19.3 Å². The van der Waals surface area contributed by atoms with E-state index in [1.165, 1.54) is 7.11 Å². The summed E-state index contributed by atoms with van der Waals surface area (Å²) in [6, 6.07) is 0. The van der Waals surface area contributed by atoms with Crippen molar-refractivity contribution in [2.75, 3.05) is 7.11 Å². The van der Waals surface area contributed by atoms with Crippen LogP contribution < -0.4 is 0 Å². The zero-order chi connectivity index (χ0) is 12.6. The maximum absolute atomic E-state index is 11.5. The van der Waals surface area contributed by atoms with Crippen molar-refractivity contribution in [2.45, 2.75) is 51.2 Å². The molecule has 94 valence electrons. The summed E-state index contributed by atoms with van der Waals surface area (Å²) in [5.74, 6) is -0.185. The van der Waals surface area contributed by atoms with E-state index in [1.807, 2.05) is 20.8 Å². The first-order valence-corrected chi connectivity index (χ1v) is 6.50. The highest BCUT2D eigenvalue weighted by Gasteiger charge is 2.17. The van der Waals surface area contributed by atoms with Crippen molar-refractivity contribution in [1.29, 1.82) is 0 Å². The van der Waals surface area contributed by atoms with Gasteiger partial charge in [0.05, 0.1) is 11.9 Å². The molecule has 16 heavy (non-hydrogen) atoms. The van der Waals surface area contributed by atoms with E-state index in [0.29, 0.717) is 6.42 Å². The Morgan fingerprint density at radius 1 is 1.38 bits per heavy atom. The Bertz CT molecular complexity index is 269. The number of carbonyl (C=O) groups excluding carboxylic acids is 1. The fourth-order valence-electron chi connectivity index (χ4n) is 0.886. The van der Waals surface area contributed by atoms with Gasteiger partial charge < -0.3 is 4.74 Å². The van der Waals surface area contributed by atoms with E-state index < -0.39 is 11.0 Å². The standard InChI is InChI=1S/C11H21NO3S/c1-11(2,3)16(14)12-9-7-5-6-8-10(13)15-4/h9H,5-8H2,1-4H3/b12-9+/t16-/m0/s1. The number of ether oxygens (including phenoxy) is 1. The van der Waals surface area contributed by atoms with Crippen molar-refractivity contribution in [3.63, 3.8) is 0 Å². The smallest absolute Gasteiger partial charge is 0.305 e. The second kappa shape index (κ2) is 7.54. The van der Waals surface area contributed by atoms with Gasteiger partial charge in [-0.15, -0.1) is 0 Å². The van der Waals surface area contributed by atoms with E-state index in [9.17, 15) is 9.00 Å². The van der Waals surface area contributed by atoms with Crippen LogP contribution in [-0.4, -0.2) is 28.2 Å². The molecule has 0 radical (unpaired) electrons. The van der Waals surface area contributed by atoms with Gasteiger partial charge in [0.15, 0.2) is 0 Å². The molecule has 0 rings (SSSR count). The average molecular weight is 247 g/mol. The summed E-state index contributed by atoms with van der Waals surface area (Å²) in [4.78, 5) is 10.8. The fourth-order valence-corrected chi connectivity index (χ4v) is 1.44. The molecule has 0 fully saturated rings. The van der Waals surface area contributed by atoms with Crippen LogP contribution in [-0.2, 0) is 20.5 Å². The minimum Gasteiger partial charge on any atom is -0.469 e. The Morgan fingerprint density at radius 2 is 2.00 bits per heavy atom. The molecule has 0 amide bonds. The Labute approximate surface area is 100 Å². The molecule has 0 N–H and O–H groups in total. The molecule has 0 saturated carbocycles. The van der Waals surface area contributed by atoms with Crippen LogP contribution in [0, 0.1) is 0 Å². The molecule has 1 atom stereocenters. The fraction of sp³-hybridized carbons (Fsp3) is 0.818. The summed E-state index contributed by atoms with van der Waals surface area (Å²) in [6.07, 6.45) is 4.50. The first-order chi connectivity index (χ1) is 7.38. The maximum atomic E-state index is 11.5. The Kier molecular flexibility index (Phi) is 7.21. The van der Waals surface area contributed by atoms with Crippen molar-refractivity contribution in [2.24, 2.45) is 4.40 Å². The zero-order valence-corrected chi connectivity index (χ0v) is 11.3. The SMILES string of the molecule is COC(=O)CCCC/C=N/[S@@](=O)C(C)(C)C. The molecule has 0 aromatic rings. The summed E-state index contributed by atoms with van der Waals surface area (Å²) in [7, 11) is 0.210. The second-order valence-electron chi connectivity index (χ2n) is 4.47. The lowest BCUT2D eigenvalue weighted by molar-refractivity contribution is -0.140. The predicted octanol–water partition coefficient (Wildman–Crippen LogP) is 2.25. The van der Waals surface area contributed by atoms with E-state index in [-0.39, 0.29) is 10.7 Å². The van der Waals surface area contributed by atoms with Crippen molar-refractivity contribution in [1.82, 2.24) is 0 Å². The molecular formula is C11H21NO3S. The lowest BCUT2D eigenvalue weighted by atomic mass is 10.2. The summed E-state index contributed by atoms with van der Waals surface area (Å²) >= 11 is 0. The number of methoxy groups -OCH3 is 1. The normalized spacial score (nSPS) is 14.0. The summed E-state index contributed by atoms with van der Waals surface area (Å²) < 4.78 is 19.7. The second-order valence-corrected chi connectivity index (χ2v) is 6.41. The van der Waals surface area contributed by atoms with Crippen LogP contribution in [0.15, 0.2) is 4.40 Å². The number of nitrogens with zero attached hydrogens (tertiary/aromatic N) is 1. The third-order valence-corrected chi connectivity index (χ3v) is 3.27. The molecule has 0 aliphatic heterocycles. The van der Waals surface area contributed by atoms with Crippen molar-refractivity contribution >= 4 is 23.2 Å². The topological polar surface area (TPSA) is 55.7 Å². The number of esters is 1. The highest BCUT2D eigenvalue weighted by molar-refractivity contribution is 7.85. The molecule has 0 aliphatic carbocycles. The molecule has 0 spiro atoms. The van der Waals surface area contributed by atoms with Crippen molar-refractivity contribution in [3.05, 3.63) is 0 Å². The van der Waals surface area contributed by atoms with Gasteiger partial charge in [0.1, 0.15) is 11.0 Å². The lowest BCUT2D eigenvalue weighted by Crippen LogP contribution is -2.19. The van der Waals surface area contributed by atoms with Gasteiger partial charge >= 0.3 is 5.97 Å². The summed E-state index contributed by atoms with van der Waals surface area (Å²) in [5.41, 5.74) is 0. The largest absolute Gasteiger partial charge is 0.469 e. The molecule has 0 aliphatic rings. The highest BCUT2D eigenvalue weighted by atomic mass is 32.2. The predicted molar refractivity (Wildman–Crippen MR) is 66.9 cm³/mol.